The summed E-state index contributed by atoms with van der Waals surface area (Å²) in [5.41, 5.74) is 0. The molecule has 19 heavy (non-hydrogen) atoms. The van der Waals surface area contributed by atoms with Crippen LogP contribution in [0.4, 0.5) is 0 Å². The summed E-state index contributed by atoms with van der Waals surface area (Å²) in [4.78, 5) is 4.81. The van der Waals surface area contributed by atoms with E-state index in [0.717, 1.165) is 52.1 Å². The Bertz CT molecular complexity index is 207. The molecule has 0 radical (unpaired) electrons. The summed E-state index contributed by atoms with van der Waals surface area (Å²) in [6.07, 6.45) is 9.86. The SMILES string of the molecule is CCN(CC)CCC=COC=CCCN(CC)CC. The Morgan fingerprint density at radius 3 is 1.37 bits per heavy atom. The van der Waals surface area contributed by atoms with Gasteiger partial charge in [0.1, 0.15) is 0 Å². The van der Waals surface area contributed by atoms with Crippen molar-refractivity contribution in [3.05, 3.63) is 24.7 Å². The molecular formula is C16H32N2O. The molecule has 0 N–H and O–H groups in total. The van der Waals surface area contributed by atoms with Gasteiger partial charge in [0.2, 0.25) is 0 Å². The highest BCUT2D eigenvalue weighted by Gasteiger charge is 1.95. The number of hydrogen-bond acceptors (Lipinski definition) is 3. The minimum absolute atomic E-state index is 1.05. The van der Waals surface area contributed by atoms with Gasteiger partial charge in [0.05, 0.1) is 12.5 Å². The molecule has 0 aliphatic heterocycles. The fraction of sp³-hybridized carbons (Fsp3) is 0.750. The van der Waals surface area contributed by atoms with Crippen molar-refractivity contribution in [2.24, 2.45) is 0 Å². The van der Waals surface area contributed by atoms with E-state index in [1.807, 2.05) is 0 Å². The Morgan fingerprint density at radius 2 is 1.05 bits per heavy atom. The van der Waals surface area contributed by atoms with Gasteiger partial charge in [-0.2, -0.15) is 0 Å². The van der Waals surface area contributed by atoms with Gasteiger partial charge in [0, 0.05) is 13.1 Å². The van der Waals surface area contributed by atoms with Crippen LogP contribution in [0.25, 0.3) is 0 Å². The molecule has 0 atom stereocenters. The lowest BCUT2D eigenvalue weighted by Gasteiger charge is -2.16. The maximum absolute atomic E-state index is 5.33. The fourth-order valence-corrected chi connectivity index (χ4v) is 1.89. The van der Waals surface area contributed by atoms with E-state index in [-0.39, 0.29) is 0 Å². The topological polar surface area (TPSA) is 15.7 Å². The maximum Gasteiger partial charge on any atom is 0.0861 e. The van der Waals surface area contributed by atoms with E-state index in [0.29, 0.717) is 0 Å². The summed E-state index contributed by atoms with van der Waals surface area (Å²) in [6, 6.07) is 0. The molecule has 0 aromatic carbocycles. The Hall–Kier alpha value is -0.800. The van der Waals surface area contributed by atoms with Crippen LogP contribution < -0.4 is 0 Å². The zero-order valence-electron chi connectivity index (χ0n) is 13.3. The lowest BCUT2D eigenvalue weighted by atomic mass is 10.3. The van der Waals surface area contributed by atoms with Crippen LogP contribution in [0.5, 0.6) is 0 Å². The third-order valence-corrected chi connectivity index (χ3v) is 3.36. The molecule has 0 spiro atoms. The zero-order valence-corrected chi connectivity index (χ0v) is 13.3. The van der Waals surface area contributed by atoms with Crippen LogP contribution in [0.1, 0.15) is 40.5 Å². The summed E-state index contributed by atoms with van der Waals surface area (Å²) in [6.45, 7) is 15.5. The van der Waals surface area contributed by atoms with Gasteiger partial charge in [0.25, 0.3) is 0 Å². The first-order chi connectivity index (χ1) is 9.28. The van der Waals surface area contributed by atoms with Gasteiger partial charge in [-0.3, -0.25) is 0 Å². The molecule has 0 amide bonds. The molecule has 112 valence electrons. The number of rotatable bonds is 12. The van der Waals surface area contributed by atoms with E-state index < -0.39 is 0 Å². The lowest BCUT2D eigenvalue weighted by molar-refractivity contribution is 0.306. The predicted octanol–water partition coefficient (Wildman–Crippen LogP) is 3.49. The third-order valence-electron chi connectivity index (χ3n) is 3.36. The van der Waals surface area contributed by atoms with E-state index in [4.69, 9.17) is 4.74 Å². The van der Waals surface area contributed by atoms with Gasteiger partial charge in [-0.05, 0) is 51.2 Å². The van der Waals surface area contributed by atoms with Crippen LogP contribution in [0.2, 0.25) is 0 Å². The minimum Gasteiger partial charge on any atom is -0.473 e. The average Bonchev–Trinajstić information content (AvgIpc) is 2.45. The van der Waals surface area contributed by atoms with Crippen molar-refractivity contribution in [1.29, 1.82) is 0 Å². The monoisotopic (exact) mass is 268 g/mol. The van der Waals surface area contributed by atoms with Gasteiger partial charge in [-0.25, -0.2) is 0 Å². The smallest absolute Gasteiger partial charge is 0.0861 e. The van der Waals surface area contributed by atoms with Gasteiger partial charge in [-0.15, -0.1) is 0 Å². The molecule has 0 bridgehead atoms. The van der Waals surface area contributed by atoms with E-state index in [1.54, 1.807) is 12.5 Å². The second-order valence-electron chi connectivity index (χ2n) is 4.51. The summed E-state index contributed by atoms with van der Waals surface area (Å²) < 4.78 is 5.33. The van der Waals surface area contributed by atoms with Gasteiger partial charge in [0.15, 0.2) is 0 Å². The van der Waals surface area contributed by atoms with Crippen molar-refractivity contribution >= 4 is 0 Å². The standard InChI is InChI=1S/C16H32N2O/c1-5-17(6-2)13-9-11-15-19-16-12-10-14-18(7-3)8-4/h11-12,15-16H,5-10,13-14H2,1-4H3. The summed E-state index contributed by atoms with van der Waals surface area (Å²) >= 11 is 0. The largest absolute Gasteiger partial charge is 0.473 e. The second-order valence-corrected chi connectivity index (χ2v) is 4.51. The minimum atomic E-state index is 1.05. The van der Waals surface area contributed by atoms with Crippen molar-refractivity contribution in [2.75, 3.05) is 39.3 Å². The molecule has 3 heteroatoms. The molecule has 0 aliphatic carbocycles. The van der Waals surface area contributed by atoms with Crippen LogP contribution in [0.3, 0.4) is 0 Å². The first-order valence-corrected chi connectivity index (χ1v) is 7.68. The molecule has 0 saturated carbocycles. The molecule has 0 unspecified atom stereocenters. The second kappa shape index (κ2) is 13.6. The first kappa shape index (κ1) is 18.2. The van der Waals surface area contributed by atoms with Gasteiger partial charge in [-0.1, -0.05) is 27.7 Å². The molecular weight excluding hydrogens is 236 g/mol. The van der Waals surface area contributed by atoms with Crippen LogP contribution >= 0.6 is 0 Å². The molecule has 3 nitrogen and oxygen atoms in total. The molecule has 0 saturated heterocycles. The van der Waals surface area contributed by atoms with E-state index >= 15 is 0 Å². The Labute approximate surface area is 119 Å². The normalized spacial score (nSPS) is 12.3. The molecule has 0 rings (SSSR count). The van der Waals surface area contributed by atoms with Gasteiger partial charge >= 0.3 is 0 Å². The number of hydrogen-bond donors (Lipinski definition) is 0. The van der Waals surface area contributed by atoms with Crippen molar-refractivity contribution in [3.8, 4) is 0 Å². The first-order valence-electron chi connectivity index (χ1n) is 7.68. The Balaban J connectivity index is 3.51. The maximum atomic E-state index is 5.33. The quantitative estimate of drug-likeness (QED) is 0.504. The molecule has 0 heterocycles. The molecule has 0 aromatic heterocycles. The molecule has 0 fully saturated rings. The van der Waals surface area contributed by atoms with E-state index in [9.17, 15) is 0 Å². The van der Waals surface area contributed by atoms with Crippen molar-refractivity contribution in [3.63, 3.8) is 0 Å². The Morgan fingerprint density at radius 1 is 0.684 bits per heavy atom. The van der Waals surface area contributed by atoms with Crippen molar-refractivity contribution < 1.29 is 4.74 Å². The predicted molar refractivity (Wildman–Crippen MR) is 84.2 cm³/mol. The third kappa shape index (κ3) is 10.8. The van der Waals surface area contributed by atoms with Crippen LogP contribution in [-0.4, -0.2) is 49.1 Å². The summed E-state index contributed by atoms with van der Waals surface area (Å²) in [5.74, 6) is 0. The number of ether oxygens (including phenoxy) is 1. The highest BCUT2D eigenvalue weighted by molar-refractivity contribution is 4.81. The van der Waals surface area contributed by atoms with Crippen molar-refractivity contribution in [2.45, 2.75) is 40.5 Å². The van der Waals surface area contributed by atoms with E-state index in [2.05, 4.69) is 49.6 Å². The lowest BCUT2D eigenvalue weighted by Crippen LogP contribution is -2.23. The van der Waals surface area contributed by atoms with Gasteiger partial charge < -0.3 is 14.5 Å². The summed E-state index contributed by atoms with van der Waals surface area (Å²) in [5, 5.41) is 0. The van der Waals surface area contributed by atoms with Crippen LogP contribution in [-0.2, 0) is 4.74 Å². The Kier molecular flexibility index (Phi) is 13.1. The fourth-order valence-electron chi connectivity index (χ4n) is 1.89. The molecule has 0 aromatic rings. The zero-order chi connectivity index (χ0) is 14.3. The highest BCUT2D eigenvalue weighted by atomic mass is 16.5. The summed E-state index contributed by atoms with van der Waals surface area (Å²) in [7, 11) is 0. The van der Waals surface area contributed by atoms with Crippen LogP contribution in [0.15, 0.2) is 24.7 Å². The van der Waals surface area contributed by atoms with Crippen LogP contribution in [0, 0.1) is 0 Å². The van der Waals surface area contributed by atoms with Crippen molar-refractivity contribution in [1.82, 2.24) is 9.80 Å². The van der Waals surface area contributed by atoms with E-state index in [1.165, 1.54) is 0 Å². The molecule has 0 aliphatic rings. The number of nitrogens with zero attached hydrogens (tertiary/aromatic N) is 2. The highest BCUT2D eigenvalue weighted by Crippen LogP contribution is 1.94. The average molecular weight is 268 g/mol.